The second kappa shape index (κ2) is 5.65. The van der Waals surface area contributed by atoms with Gasteiger partial charge in [-0.05, 0) is 45.0 Å². The number of piperidine rings is 1. The lowest BCUT2D eigenvalue weighted by molar-refractivity contribution is -0.136. The molecule has 2 rings (SSSR count). The second-order valence-corrected chi connectivity index (χ2v) is 5.13. The van der Waals surface area contributed by atoms with Crippen LogP contribution in [0, 0.1) is 5.92 Å². The lowest BCUT2D eigenvalue weighted by Gasteiger charge is -2.33. The van der Waals surface area contributed by atoms with Crippen LogP contribution in [0.15, 0.2) is 11.6 Å². The maximum absolute atomic E-state index is 12.3. The minimum absolute atomic E-state index is 0.135. The van der Waals surface area contributed by atoms with Crippen molar-refractivity contribution in [1.29, 1.82) is 0 Å². The molecule has 0 bridgehead atoms. The van der Waals surface area contributed by atoms with Crippen LogP contribution in [0.5, 0.6) is 0 Å². The van der Waals surface area contributed by atoms with E-state index < -0.39 is 0 Å². The topological polar surface area (TPSA) is 43.8 Å². The summed E-state index contributed by atoms with van der Waals surface area (Å²) >= 11 is 0. The van der Waals surface area contributed by atoms with E-state index in [0.29, 0.717) is 12.5 Å². The van der Waals surface area contributed by atoms with Crippen molar-refractivity contribution in [2.75, 3.05) is 39.8 Å². The maximum Gasteiger partial charge on any atom is 0.226 e. The van der Waals surface area contributed by atoms with E-state index in [9.17, 15) is 4.79 Å². The zero-order chi connectivity index (χ0) is 12.3. The first-order valence-electron chi connectivity index (χ1n) is 6.47. The van der Waals surface area contributed by atoms with Gasteiger partial charge in [-0.1, -0.05) is 6.08 Å². The van der Waals surface area contributed by atoms with Gasteiger partial charge in [-0.3, -0.25) is 4.79 Å². The summed E-state index contributed by atoms with van der Waals surface area (Å²) in [5, 5.41) is 9.02. The van der Waals surface area contributed by atoms with Crippen LogP contribution < -0.4 is 0 Å². The van der Waals surface area contributed by atoms with Gasteiger partial charge in [0, 0.05) is 19.0 Å². The molecule has 0 atom stereocenters. The van der Waals surface area contributed by atoms with E-state index in [-0.39, 0.29) is 12.5 Å². The van der Waals surface area contributed by atoms with Gasteiger partial charge in [0.15, 0.2) is 0 Å². The molecule has 1 amide bonds. The highest BCUT2D eigenvalue weighted by Gasteiger charge is 2.27. The van der Waals surface area contributed by atoms with Gasteiger partial charge in [-0.15, -0.1) is 0 Å². The number of amides is 1. The number of aliphatic hydroxyl groups is 1. The van der Waals surface area contributed by atoms with Crippen molar-refractivity contribution in [2.45, 2.75) is 19.3 Å². The third-order valence-electron chi connectivity index (χ3n) is 3.89. The van der Waals surface area contributed by atoms with Crippen molar-refractivity contribution in [3.63, 3.8) is 0 Å². The molecule has 0 aromatic rings. The van der Waals surface area contributed by atoms with E-state index in [1.54, 1.807) is 0 Å². The molecule has 0 saturated carbocycles. The SMILES string of the molecule is CN1CCC(C(=O)N2CC=C(CO)CC2)CC1. The number of carbonyl (C=O) groups excluding carboxylic acids is 1. The number of nitrogens with zero attached hydrogens (tertiary/aromatic N) is 2. The number of likely N-dealkylation sites (tertiary alicyclic amines) is 1. The van der Waals surface area contributed by atoms with Crippen LogP contribution in [0.3, 0.4) is 0 Å². The summed E-state index contributed by atoms with van der Waals surface area (Å²) in [6, 6.07) is 0. The number of hydrogen-bond acceptors (Lipinski definition) is 3. The minimum atomic E-state index is 0.135. The van der Waals surface area contributed by atoms with E-state index in [1.807, 2.05) is 11.0 Å². The third kappa shape index (κ3) is 3.07. The van der Waals surface area contributed by atoms with Crippen LogP contribution >= 0.6 is 0 Å². The highest BCUT2D eigenvalue weighted by molar-refractivity contribution is 5.79. The third-order valence-corrected chi connectivity index (χ3v) is 3.89. The Morgan fingerprint density at radius 2 is 2.12 bits per heavy atom. The average molecular weight is 238 g/mol. The summed E-state index contributed by atoms with van der Waals surface area (Å²) in [6.45, 7) is 3.65. The van der Waals surface area contributed by atoms with E-state index in [2.05, 4.69) is 11.9 Å². The molecule has 2 aliphatic rings. The number of carbonyl (C=O) groups is 1. The largest absolute Gasteiger partial charge is 0.392 e. The fraction of sp³-hybridized carbons (Fsp3) is 0.769. The first-order valence-corrected chi connectivity index (χ1v) is 6.47. The van der Waals surface area contributed by atoms with Gasteiger partial charge >= 0.3 is 0 Å². The highest BCUT2D eigenvalue weighted by atomic mass is 16.3. The molecular formula is C13H22N2O2. The Balaban J connectivity index is 1.86. The molecule has 0 aromatic heterocycles. The van der Waals surface area contributed by atoms with Crippen LogP contribution in [-0.2, 0) is 4.79 Å². The lowest BCUT2D eigenvalue weighted by Crippen LogP contribution is -2.43. The standard InChI is InChI=1S/C13H22N2O2/c1-14-6-4-12(5-7-14)13(17)15-8-2-11(10-16)3-9-15/h2,12,16H,3-10H2,1H3. The first-order chi connectivity index (χ1) is 8.20. The van der Waals surface area contributed by atoms with Gasteiger partial charge in [0.2, 0.25) is 5.91 Å². The molecule has 0 radical (unpaired) electrons. The molecule has 96 valence electrons. The van der Waals surface area contributed by atoms with Crippen LogP contribution in [0.25, 0.3) is 0 Å². The fourth-order valence-electron chi connectivity index (χ4n) is 2.57. The van der Waals surface area contributed by atoms with Crippen molar-refractivity contribution in [3.05, 3.63) is 11.6 Å². The van der Waals surface area contributed by atoms with Crippen LogP contribution in [0.2, 0.25) is 0 Å². The molecule has 17 heavy (non-hydrogen) atoms. The number of hydrogen-bond donors (Lipinski definition) is 1. The zero-order valence-corrected chi connectivity index (χ0v) is 10.6. The average Bonchev–Trinajstić information content (AvgIpc) is 2.39. The molecule has 0 unspecified atom stereocenters. The van der Waals surface area contributed by atoms with Gasteiger partial charge in [0.25, 0.3) is 0 Å². The van der Waals surface area contributed by atoms with E-state index in [4.69, 9.17) is 5.11 Å². The Morgan fingerprint density at radius 3 is 2.65 bits per heavy atom. The summed E-state index contributed by atoms with van der Waals surface area (Å²) in [5.74, 6) is 0.529. The molecule has 1 saturated heterocycles. The maximum atomic E-state index is 12.3. The summed E-state index contributed by atoms with van der Waals surface area (Å²) in [6.07, 6.45) is 4.80. The van der Waals surface area contributed by atoms with Crippen LogP contribution in [0.1, 0.15) is 19.3 Å². The van der Waals surface area contributed by atoms with Gasteiger partial charge in [0.05, 0.1) is 6.61 Å². The molecule has 1 N–H and O–H groups in total. The molecule has 2 aliphatic heterocycles. The van der Waals surface area contributed by atoms with Gasteiger partial charge in [0.1, 0.15) is 0 Å². The first kappa shape index (κ1) is 12.6. The molecule has 4 heteroatoms. The van der Waals surface area contributed by atoms with E-state index >= 15 is 0 Å². The van der Waals surface area contributed by atoms with Crippen molar-refractivity contribution in [2.24, 2.45) is 5.92 Å². The normalized spacial score (nSPS) is 23.6. The molecule has 0 spiro atoms. The molecule has 0 aromatic carbocycles. The lowest BCUT2D eigenvalue weighted by atomic mass is 9.95. The monoisotopic (exact) mass is 238 g/mol. The van der Waals surface area contributed by atoms with Gasteiger partial charge in [-0.2, -0.15) is 0 Å². The molecule has 0 aliphatic carbocycles. The summed E-state index contributed by atoms with van der Waals surface area (Å²) in [4.78, 5) is 16.5. The van der Waals surface area contributed by atoms with Crippen LogP contribution in [0.4, 0.5) is 0 Å². The fourth-order valence-corrected chi connectivity index (χ4v) is 2.57. The summed E-state index contributed by atoms with van der Waals surface area (Å²) in [5.41, 5.74) is 1.07. The van der Waals surface area contributed by atoms with E-state index in [1.165, 1.54) is 0 Å². The zero-order valence-electron chi connectivity index (χ0n) is 10.6. The number of rotatable bonds is 2. The Hall–Kier alpha value is -0.870. The Kier molecular flexibility index (Phi) is 4.18. The minimum Gasteiger partial charge on any atom is -0.392 e. The Labute approximate surface area is 103 Å². The highest BCUT2D eigenvalue weighted by Crippen LogP contribution is 2.20. The number of aliphatic hydroxyl groups excluding tert-OH is 1. The van der Waals surface area contributed by atoms with Crippen LogP contribution in [-0.4, -0.2) is 60.6 Å². The van der Waals surface area contributed by atoms with Crippen molar-refractivity contribution < 1.29 is 9.90 Å². The summed E-state index contributed by atoms with van der Waals surface area (Å²) < 4.78 is 0. The second-order valence-electron chi connectivity index (χ2n) is 5.13. The Morgan fingerprint density at radius 1 is 1.41 bits per heavy atom. The predicted molar refractivity (Wildman–Crippen MR) is 66.6 cm³/mol. The summed E-state index contributed by atoms with van der Waals surface area (Å²) in [7, 11) is 2.11. The Bertz CT molecular complexity index is 307. The van der Waals surface area contributed by atoms with E-state index in [0.717, 1.165) is 44.5 Å². The molecule has 1 fully saturated rings. The van der Waals surface area contributed by atoms with Gasteiger partial charge < -0.3 is 14.9 Å². The van der Waals surface area contributed by atoms with Crippen molar-refractivity contribution in [1.82, 2.24) is 9.80 Å². The quantitative estimate of drug-likeness (QED) is 0.712. The molecule has 2 heterocycles. The molecular weight excluding hydrogens is 216 g/mol. The molecule has 4 nitrogen and oxygen atoms in total. The van der Waals surface area contributed by atoms with Crippen molar-refractivity contribution in [3.8, 4) is 0 Å². The predicted octanol–water partition coefficient (Wildman–Crippen LogP) is 0.479. The van der Waals surface area contributed by atoms with Gasteiger partial charge in [-0.25, -0.2) is 0 Å². The van der Waals surface area contributed by atoms with Crippen molar-refractivity contribution >= 4 is 5.91 Å². The smallest absolute Gasteiger partial charge is 0.226 e.